The van der Waals surface area contributed by atoms with Crippen molar-refractivity contribution >= 4 is 28.7 Å². The Balaban J connectivity index is 1.29. The molecule has 1 aliphatic heterocycles. The van der Waals surface area contributed by atoms with Crippen molar-refractivity contribution in [2.24, 2.45) is 0 Å². The van der Waals surface area contributed by atoms with Gasteiger partial charge in [-0.05, 0) is 62.6 Å². The Hall–Kier alpha value is -3.95. The van der Waals surface area contributed by atoms with Gasteiger partial charge in [-0.3, -0.25) is 4.79 Å². The van der Waals surface area contributed by atoms with E-state index in [4.69, 9.17) is 9.84 Å². The first-order valence-electron chi connectivity index (χ1n) is 12.1. The number of ether oxygens (including phenoxy) is 1. The van der Waals surface area contributed by atoms with Gasteiger partial charge in [0.15, 0.2) is 0 Å². The lowest BCUT2D eigenvalue weighted by Gasteiger charge is -2.28. The quantitative estimate of drug-likeness (QED) is 0.396. The molecule has 1 amide bonds. The third-order valence-electron chi connectivity index (χ3n) is 6.19. The van der Waals surface area contributed by atoms with Crippen molar-refractivity contribution in [3.8, 4) is 11.3 Å². The van der Waals surface area contributed by atoms with Gasteiger partial charge in [0.25, 0.3) is 5.91 Å². The number of likely N-dealkylation sites (N-methyl/N-ethyl adjacent to an activating group) is 1. The van der Waals surface area contributed by atoms with E-state index in [1.54, 1.807) is 6.20 Å². The second-order valence-electron chi connectivity index (χ2n) is 9.04. The second kappa shape index (κ2) is 10.8. The van der Waals surface area contributed by atoms with E-state index in [-0.39, 0.29) is 5.91 Å². The minimum absolute atomic E-state index is 0.0723. The maximum atomic E-state index is 12.4. The van der Waals surface area contributed by atoms with E-state index in [0.717, 1.165) is 55.3 Å². The Bertz CT molecular complexity index is 1310. The van der Waals surface area contributed by atoms with E-state index < -0.39 is 0 Å². The van der Waals surface area contributed by atoms with Crippen LogP contribution in [0.2, 0.25) is 0 Å². The molecule has 0 saturated carbocycles. The molecule has 3 heterocycles. The predicted molar refractivity (Wildman–Crippen MR) is 142 cm³/mol. The average molecular weight is 486 g/mol. The van der Waals surface area contributed by atoms with Gasteiger partial charge in [0.05, 0.1) is 30.6 Å². The molecular weight excluding hydrogens is 454 g/mol. The minimum Gasteiger partial charge on any atom is -0.378 e. The topological polar surface area (TPSA) is 87.0 Å². The number of carbonyl (C=O) groups excluding carboxylic acids is 1. The Morgan fingerprint density at radius 2 is 1.75 bits per heavy atom. The highest BCUT2D eigenvalue weighted by molar-refractivity contribution is 5.94. The third-order valence-corrected chi connectivity index (χ3v) is 6.19. The van der Waals surface area contributed by atoms with Crippen molar-refractivity contribution in [1.29, 1.82) is 0 Å². The molecule has 2 aromatic heterocycles. The highest BCUT2D eigenvalue weighted by Gasteiger charge is 2.12. The number of benzene rings is 2. The number of nitrogens with zero attached hydrogens (tertiary/aromatic N) is 5. The highest BCUT2D eigenvalue weighted by Crippen LogP contribution is 2.24. The third kappa shape index (κ3) is 5.48. The summed E-state index contributed by atoms with van der Waals surface area (Å²) < 4.78 is 7.30. The summed E-state index contributed by atoms with van der Waals surface area (Å²) in [6.45, 7) is 4.75. The number of aromatic nitrogens is 3. The van der Waals surface area contributed by atoms with Crippen LogP contribution in [0.25, 0.3) is 16.8 Å². The molecule has 0 spiro atoms. The maximum Gasteiger partial charge on any atom is 0.251 e. The van der Waals surface area contributed by atoms with Gasteiger partial charge in [0.2, 0.25) is 5.95 Å². The summed E-state index contributed by atoms with van der Waals surface area (Å²) in [6.07, 6.45) is 1.80. The SMILES string of the molecule is CN(C)CCNC(=O)c1ccc(-c2ccc3cnc(Nc4ccc(N5CCOCC5)cc4)nn23)cc1. The van der Waals surface area contributed by atoms with Crippen molar-refractivity contribution < 1.29 is 9.53 Å². The van der Waals surface area contributed by atoms with Gasteiger partial charge in [0.1, 0.15) is 0 Å². The zero-order valence-electron chi connectivity index (χ0n) is 20.6. The number of morpholine rings is 1. The molecule has 2 N–H and O–H groups in total. The molecule has 36 heavy (non-hydrogen) atoms. The van der Waals surface area contributed by atoms with Gasteiger partial charge in [-0.1, -0.05) is 12.1 Å². The van der Waals surface area contributed by atoms with E-state index >= 15 is 0 Å². The number of anilines is 3. The molecule has 5 rings (SSSR count). The lowest BCUT2D eigenvalue weighted by molar-refractivity contribution is 0.0951. The van der Waals surface area contributed by atoms with E-state index in [2.05, 4.69) is 32.7 Å². The van der Waals surface area contributed by atoms with Crippen LogP contribution in [0.4, 0.5) is 17.3 Å². The standard InChI is InChI=1S/C27H31N7O2/c1-32(2)14-13-28-26(35)21-5-3-20(4-6-21)25-12-11-24-19-29-27(31-34(24)25)30-22-7-9-23(10-8-22)33-15-17-36-18-16-33/h3-12,19H,13-18H2,1-2H3,(H,28,35)(H,30,31). The largest absolute Gasteiger partial charge is 0.378 e. The number of nitrogens with one attached hydrogen (secondary N) is 2. The van der Waals surface area contributed by atoms with Crippen LogP contribution in [-0.2, 0) is 4.74 Å². The highest BCUT2D eigenvalue weighted by atomic mass is 16.5. The van der Waals surface area contributed by atoms with Crippen LogP contribution < -0.4 is 15.5 Å². The zero-order chi connectivity index (χ0) is 24.9. The Kier molecular flexibility index (Phi) is 7.11. The summed E-state index contributed by atoms with van der Waals surface area (Å²) in [5.41, 5.74) is 5.53. The van der Waals surface area contributed by atoms with Gasteiger partial charge in [-0.15, -0.1) is 5.10 Å². The summed E-state index contributed by atoms with van der Waals surface area (Å²) in [4.78, 5) is 21.2. The fraction of sp³-hybridized carbons (Fsp3) is 0.296. The molecular formula is C27H31N7O2. The van der Waals surface area contributed by atoms with Crippen molar-refractivity contribution in [2.75, 3.05) is 63.7 Å². The molecule has 9 nitrogen and oxygen atoms in total. The van der Waals surface area contributed by atoms with Gasteiger partial charge in [-0.2, -0.15) is 0 Å². The predicted octanol–water partition coefficient (Wildman–Crippen LogP) is 3.27. The molecule has 0 radical (unpaired) electrons. The number of rotatable bonds is 8. The van der Waals surface area contributed by atoms with Crippen molar-refractivity contribution in [1.82, 2.24) is 24.8 Å². The first kappa shape index (κ1) is 23.8. The minimum atomic E-state index is -0.0723. The van der Waals surface area contributed by atoms with Gasteiger partial charge in [-0.25, -0.2) is 9.50 Å². The van der Waals surface area contributed by atoms with Crippen LogP contribution in [-0.4, -0.2) is 78.9 Å². The molecule has 186 valence electrons. The summed E-state index contributed by atoms with van der Waals surface area (Å²) in [5, 5.41) is 11.0. The lowest BCUT2D eigenvalue weighted by Crippen LogP contribution is -2.36. The molecule has 1 saturated heterocycles. The van der Waals surface area contributed by atoms with E-state index in [1.807, 2.05) is 72.0 Å². The molecule has 0 unspecified atom stereocenters. The molecule has 0 aliphatic carbocycles. The number of hydrogen-bond donors (Lipinski definition) is 2. The van der Waals surface area contributed by atoms with Gasteiger partial charge < -0.3 is 25.2 Å². The number of fused-ring (bicyclic) bond motifs is 1. The van der Waals surface area contributed by atoms with Gasteiger partial charge >= 0.3 is 0 Å². The first-order chi connectivity index (χ1) is 17.6. The summed E-state index contributed by atoms with van der Waals surface area (Å²) in [5.74, 6) is 0.438. The Labute approximate surface area is 210 Å². The average Bonchev–Trinajstić information content (AvgIpc) is 3.33. The molecule has 1 aliphatic rings. The summed E-state index contributed by atoms with van der Waals surface area (Å²) in [6, 6.07) is 19.9. The summed E-state index contributed by atoms with van der Waals surface area (Å²) in [7, 11) is 3.96. The van der Waals surface area contributed by atoms with Crippen molar-refractivity contribution in [3.63, 3.8) is 0 Å². The Morgan fingerprint density at radius 1 is 1.00 bits per heavy atom. The normalized spacial score (nSPS) is 13.8. The summed E-state index contributed by atoms with van der Waals surface area (Å²) >= 11 is 0. The number of amides is 1. The second-order valence-corrected chi connectivity index (χ2v) is 9.04. The molecule has 4 aromatic rings. The molecule has 2 aromatic carbocycles. The van der Waals surface area contributed by atoms with Crippen LogP contribution >= 0.6 is 0 Å². The molecule has 9 heteroatoms. The lowest BCUT2D eigenvalue weighted by atomic mass is 10.1. The monoisotopic (exact) mass is 485 g/mol. The fourth-order valence-electron chi connectivity index (χ4n) is 4.17. The maximum absolute atomic E-state index is 12.4. The molecule has 0 atom stereocenters. The van der Waals surface area contributed by atoms with Gasteiger partial charge in [0, 0.05) is 48.7 Å². The number of hydrogen-bond acceptors (Lipinski definition) is 7. The van der Waals surface area contributed by atoms with Crippen LogP contribution in [0.1, 0.15) is 10.4 Å². The van der Waals surface area contributed by atoms with E-state index in [9.17, 15) is 4.79 Å². The van der Waals surface area contributed by atoms with Crippen LogP contribution in [0, 0.1) is 0 Å². The van der Waals surface area contributed by atoms with Crippen LogP contribution in [0.5, 0.6) is 0 Å². The molecule has 0 bridgehead atoms. The smallest absolute Gasteiger partial charge is 0.251 e. The Morgan fingerprint density at radius 3 is 2.47 bits per heavy atom. The van der Waals surface area contributed by atoms with Crippen LogP contribution in [0.15, 0.2) is 66.9 Å². The zero-order valence-corrected chi connectivity index (χ0v) is 20.6. The van der Waals surface area contributed by atoms with Crippen molar-refractivity contribution in [3.05, 3.63) is 72.4 Å². The van der Waals surface area contributed by atoms with E-state index in [1.165, 1.54) is 5.69 Å². The van der Waals surface area contributed by atoms with Crippen LogP contribution in [0.3, 0.4) is 0 Å². The fourth-order valence-corrected chi connectivity index (χ4v) is 4.17. The molecule has 1 fully saturated rings. The van der Waals surface area contributed by atoms with E-state index in [0.29, 0.717) is 18.1 Å². The van der Waals surface area contributed by atoms with Crippen molar-refractivity contribution in [2.45, 2.75) is 0 Å². The first-order valence-corrected chi connectivity index (χ1v) is 12.1. The number of carbonyl (C=O) groups is 1.